The van der Waals surface area contributed by atoms with E-state index in [1.54, 1.807) is 12.1 Å². The SMILES string of the molecule is Cc1cccc(F)c1-c1c(Cl)ccc2c1C[C@@](C)(c1ccccc1)O2.NC=O. The van der Waals surface area contributed by atoms with E-state index in [0.29, 0.717) is 17.0 Å². The Hall–Kier alpha value is -2.85. The van der Waals surface area contributed by atoms with Gasteiger partial charge in [0.05, 0.1) is 0 Å². The van der Waals surface area contributed by atoms with Crippen LogP contribution in [0.2, 0.25) is 5.02 Å². The van der Waals surface area contributed by atoms with Gasteiger partial charge in [0, 0.05) is 28.1 Å². The van der Waals surface area contributed by atoms with Crippen molar-refractivity contribution >= 4 is 18.0 Å². The molecule has 1 aliphatic rings. The molecule has 3 aromatic carbocycles. The molecule has 3 nitrogen and oxygen atoms in total. The zero-order chi connectivity index (χ0) is 20.3. The number of aryl methyl sites for hydroxylation is 1. The topological polar surface area (TPSA) is 52.3 Å². The normalized spacial score (nSPS) is 17.1. The zero-order valence-corrected chi connectivity index (χ0v) is 16.5. The number of nitrogens with two attached hydrogens (primary N) is 1. The fraction of sp³-hybridized carbons (Fsp3) is 0.174. The molecule has 3 aromatic rings. The molecule has 1 amide bonds. The van der Waals surface area contributed by atoms with Crippen LogP contribution >= 0.6 is 11.6 Å². The number of carbonyl (C=O) groups is 1. The molecule has 1 heterocycles. The molecule has 28 heavy (non-hydrogen) atoms. The molecular weight excluding hydrogens is 377 g/mol. The lowest BCUT2D eigenvalue weighted by molar-refractivity contribution is -0.106. The second-order valence-corrected chi connectivity index (χ2v) is 7.25. The minimum Gasteiger partial charge on any atom is -0.482 e. The first-order valence-corrected chi connectivity index (χ1v) is 9.26. The molecule has 4 rings (SSSR count). The van der Waals surface area contributed by atoms with Crippen LogP contribution in [0, 0.1) is 12.7 Å². The van der Waals surface area contributed by atoms with Gasteiger partial charge < -0.3 is 10.5 Å². The van der Waals surface area contributed by atoms with Crippen molar-refractivity contribution in [3.63, 3.8) is 0 Å². The summed E-state index contributed by atoms with van der Waals surface area (Å²) < 4.78 is 20.9. The molecule has 1 atom stereocenters. The Bertz CT molecular complexity index is 987. The van der Waals surface area contributed by atoms with E-state index in [0.717, 1.165) is 28.0 Å². The molecule has 2 N–H and O–H groups in total. The van der Waals surface area contributed by atoms with Gasteiger partial charge in [-0.1, -0.05) is 54.1 Å². The van der Waals surface area contributed by atoms with Crippen molar-refractivity contribution in [2.24, 2.45) is 5.73 Å². The van der Waals surface area contributed by atoms with E-state index in [9.17, 15) is 4.39 Å². The van der Waals surface area contributed by atoms with E-state index >= 15 is 0 Å². The number of halogens is 2. The fourth-order valence-corrected chi connectivity index (χ4v) is 3.93. The van der Waals surface area contributed by atoms with Gasteiger partial charge in [0.1, 0.15) is 17.2 Å². The van der Waals surface area contributed by atoms with E-state index in [4.69, 9.17) is 21.1 Å². The molecule has 0 aliphatic carbocycles. The highest BCUT2D eigenvalue weighted by Crippen LogP contribution is 2.48. The summed E-state index contributed by atoms with van der Waals surface area (Å²) in [7, 11) is 0. The Labute approximate surface area is 168 Å². The van der Waals surface area contributed by atoms with Crippen LogP contribution in [-0.2, 0) is 16.8 Å². The van der Waals surface area contributed by atoms with Crippen molar-refractivity contribution in [3.05, 3.63) is 88.2 Å². The van der Waals surface area contributed by atoms with Gasteiger partial charge >= 0.3 is 0 Å². The number of primary amides is 1. The molecule has 0 unspecified atom stereocenters. The lowest BCUT2D eigenvalue weighted by Crippen LogP contribution is -2.26. The zero-order valence-electron chi connectivity index (χ0n) is 15.7. The van der Waals surface area contributed by atoms with Crippen LogP contribution in [-0.4, -0.2) is 6.41 Å². The molecule has 0 fully saturated rings. The van der Waals surface area contributed by atoms with Crippen molar-refractivity contribution in [2.45, 2.75) is 25.9 Å². The minimum absolute atomic E-state index is 0.250. The van der Waals surface area contributed by atoms with Gasteiger partial charge in [-0.25, -0.2) is 4.39 Å². The van der Waals surface area contributed by atoms with Crippen LogP contribution in [0.3, 0.4) is 0 Å². The summed E-state index contributed by atoms with van der Waals surface area (Å²) in [4.78, 5) is 8.58. The second-order valence-electron chi connectivity index (χ2n) is 6.84. The average Bonchev–Trinajstić information content (AvgIpc) is 3.02. The summed E-state index contributed by atoms with van der Waals surface area (Å²) in [5.41, 5.74) is 7.91. The summed E-state index contributed by atoms with van der Waals surface area (Å²) >= 11 is 6.50. The number of amides is 1. The van der Waals surface area contributed by atoms with Gasteiger partial charge in [0.15, 0.2) is 0 Å². The van der Waals surface area contributed by atoms with E-state index < -0.39 is 5.60 Å². The average molecular weight is 398 g/mol. The van der Waals surface area contributed by atoms with Gasteiger partial charge in [-0.05, 0) is 43.2 Å². The minimum atomic E-state index is -0.484. The smallest absolute Gasteiger partial charge is 0.204 e. The predicted molar refractivity (Wildman–Crippen MR) is 110 cm³/mol. The molecule has 0 spiro atoms. The number of benzene rings is 3. The maximum Gasteiger partial charge on any atom is 0.204 e. The first-order chi connectivity index (χ1) is 13.4. The highest BCUT2D eigenvalue weighted by atomic mass is 35.5. The van der Waals surface area contributed by atoms with Gasteiger partial charge in [-0.3, -0.25) is 4.79 Å². The molecular formula is C23H21ClFNO2. The van der Waals surface area contributed by atoms with E-state index in [2.05, 4.69) is 24.8 Å². The summed E-state index contributed by atoms with van der Waals surface area (Å²) in [5.74, 6) is 0.511. The lowest BCUT2D eigenvalue weighted by Gasteiger charge is -2.24. The van der Waals surface area contributed by atoms with Gasteiger partial charge in [-0.2, -0.15) is 0 Å². The third-order valence-corrected chi connectivity index (χ3v) is 5.24. The molecule has 0 aromatic heterocycles. The summed E-state index contributed by atoms with van der Waals surface area (Å²) in [5, 5.41) is 0.549. The Morgan fingerprint density at radius 2 is 1.75 bits per heavy atom. The van der Waals surface area contributed by atoms with Crippen LogP contribution in [0.4, 0.5) is 4.39 Å². The molecule has 0 radical (unpaired) electrons. The first kappa shape index (κ1) is 19.9. The number of ether oxygens (including phenoxy) is 1. The van der Waals surface area contributed by atoms with Crippen LogP contribution in [0.15, 0.2) is 60.7 Å². The first-order valence-electron chi connectivity index (χ1n) is 8.88. The van der Waals surface area contributed by atoms with E-state index in [-0.39, 0.29) is 12.2 Å². The monoisotopic (exact) mass is 397 g/mol. The van der Waals surface area contributed by atoms with E-state index in [1.807, 2.05) is 37.3 Å². The highest BCUT2D eigenvalue weighted by Gasteiger charge is 2.39. The van der Waals surface area contributed by atoms with Crippen molar-refractivity contribution < 1.29 is 13.9 Å². The molecule has 5 heteroatoms. The van der Waals surface area contributed by atoms with Crippen molar-refractivity contribution in [1.29, 1.82) is 0 Å². The summed E-state index contributed by atoms with van der Waals surface area (Å²) in [6, 6.07) is 18.9. The molecule has 0 bridgehead atoms. The van der Waals surface area contributed by atoms with Crippen molar-refractivity contribution in [3.8, 4) is 16.9 Å². The maximum atomic E-state index is 14.6. The molecule has 0 saturated heterocycles. The summed E-state index contributed by atoms with van der Waals surface area (Å²) in [6.07, 6.45) is 0.899. The number of carbonyl (C=O) groups excluding carboxylic acids is 1. The molecule has 144 valence electrons. The maximum absolute atomic E-state index is 14.6. The van der Waals surface area contributed by atoms with Crippen LogP contribution in [0.1, 0.15) is 23.6 Å². The van der Waals surface area contributed by atoms with Crippen molar-refractivity contribution in [2.75, 3.05) is 0 Å². The molecule has 1 aliphatic heterocycles. The third-order valence-electron chi connectivity index (χ3n) is 4.92. The Morgan fingerprint density at radius 1 is 1.07 bits per heavy atom. The van der Waals surface area contributed by atoms with Crippen LogP contribution in [0.5, 0.6) is 5.75 Å². The van der Waals surface area contributed by atoms with Gasteiger partial charge in [0.25, 0.3) is 0 Å². The second kappa shape index (κ2) is 8.03. The van der Waals surface area contributed by atoms with Crippen molar-refractivity contribution in [1.82, 2.24) is 0 Å². The standard InChI is InChI=1S/C22H18ClFO.CH3NO/c1-14-7-6-10-18(24)20(14)21-16-13-22(2,15-8-4-3-5-9-15)25-19(16)12-11-17(21)23;2-1-3/h3-12H,13H2,1-2H3;1H,(H2,2,3)/t22-;/m0./s1. The summed E-state index contributed by atoms with van der Waals surface area (Å²) in [6.45, 7) is 3.97. The number of rotatable bonds is 2. The quantitative estimate of drug-likeness (QED) is 0.588. The number of fused-ring (bicyclic) bond motifs is 1. The molecule has 0 saturated carbocycles. The van der Waals surface area contributed by atoms with Crippen LogP contribution in [0.25, 0.3) is 11.1 Å². The number of hydrogen-bond donors (Lipinski definition) is 1. The Morgan fingerprint density at radius 3 is 2.39 bits per heavy atom. The van der Waals surface area contributed by atoms with Gasteiger partial charge in [0.2, 0.25) is 6.41 Å². The predicted octanol–water partition coefficient (Wildman–Crippen LogP) is 5.41. The van der Waals surface area contributed by atoms with E-state index in [1.165, 1.54) is 6.07 Å². The van der Waals surface area contributed by atoms with Gasteiger partial charge in [-0.15, -0.1) is 0 Å². The fourth-order valence-electron chi connectivity index (χ4n) is 3.66. The lowest BCUT2D eigenvalue weighted by atomic mass is 9.87. The Kier molecular flexibility index (Phi) is 5.71. The van der Waals surface area contributed by atoms with Crippen LogP contribution < -0.4 is 10.5 Å². The third kappa shape index (κ3) is 3.60. The largest absolute Gasteiger partial charge is 0.482 e. The Balaban J connectivity index is 0.000000706. The number of hydrogen-bond acceptors (Lipinski definition) is 2. The highest BCUT2D eigenvalue weighted by molar-refractivity contribution is 6.33.